The average molecular weight is 376 g/mol. The summed E-state index contributed by atoms with van der Waals surface area (Å²) in [6.07, 6.45) is 2.22. The molecule has 1 saturated heterocycles. The van der Waals surface area contributed by atoms with Crippen LogP contribution in [0.25, 0.3) is 0 Å². The van der Waals surface area contributed by atoms with Crippen LogP contribution in [0.5, 0.6) is 0 Å². The molecule has 0 saturated carbocycles. The van der Waals surface area contributed by atoms with E-state index in [2.05, 4.69) is 5.32 Å². The number of amides is 1. The number of piperidine rings is 1. The number of carbonyl (C=O) groups excluding carboxylic acids is 1. The highest BCUT2D eigenvalue weighted by Crippen LogP contribution is 2.18. The molecule has 1 aliphatic rings. The highest BCUT2D eigenvalue weighted by molar-refractivity contribution is 14.1. The van der Waals surface area contributed by atoms with Crippen LogP contribution in [-0.4, -0.2) is 37.5 Å². The van der Waals surface area contributed by atoms with E-state index in [4.69, 9.17) is 0 Å². The third kappa shape index (κ3) is 3.89. The third-order valence-electron chi connectivity index (χ3n) is 3.50. The van der Waals surface area contributed by atoms with E-state index in [0.717, 1.165) is 32.5 Å². The fourth-order valence-electron chi connectivity index (χ4n) is 2.40. The van der Waals surface area contributed by atoms with Gasteiger partial charge in [-0.3, -0.25) is 4.79 Å². The summed E-state index contributed by atoms with van der Waals surface area (Å²) in [6, 6.07) is 4.30. The topological polar surface area (TPSA) is 32.3 Å². The van der Waals surface area contributed by atoms with Crippen molar-refractivity contribution >= 4 is 28.5 Å². The number of nitrogens with one attached hydrogen (secondary N) is 1. The first-order valence-electron chi connectivity index (χ1n) is 6.49. The zero-order chi connectivity index (χ0) is 13.8. The van der Waals surface area contributed by atoms with E-state index in [0.29, 0.717) is 15.1 Å². The molecule has 2 rings (SSSR count). The van der Waals surface area contributed by atoms with Crippen molar-refractivity contribution in [2.24, 2.45) is 5.92 Å². The first-order chi connectivity index (χ1) is 9.08. The van der Waals surface area contributed by atoms with Crippen molar-refractivity contribution < 1.29 is 9.18 Å². The van der Waals surface area contributed by atoms with E-state index in [1.54, 1.807) is 11.0 Å². The predicted molar refractivity (Wildman–Crippen MR) is 81.7 cm³/mol. The van der Waals surface area contributed by atoms with Crippen LogP contribution in [0, 0.1) is 15.3 Å². The lowest BCUT2D eigenvalue weighted by Crippen LogP contribution is -2.37. The van der Waals surface area contributed by atoms with Crippen LogP contribution in [0.15, 0.2) is 18.2 Å². The van der Waals surface area contributed by atoms with Crippen molar-refractivity contribution in [3.63, 3.8) is 0 Å². The second-order valence-corrected chi connectivity index (χ2v) is 6.17. The molecule has 0 aliphatic carbocycles. The normalized spacial score (nSPS) is 16.4. The second-order valence-electron chi connectivity index (χ2n) is 5.00. The molecular weight excluding hydrogens is 358 g/mol. The first-order valence-corrected chi connectivity index (χ1v) is 7.57. The van der Waals surface area contributed by atoms with Crippen molar-refractivity contribution in [2.45, 2.75) is 12.8 Å². The van der Waals surface area contributed by atoms with Crippen molar-refractivity contribution in [1.29, 1.82) is 0 Å². The highest BCUT2D eigenvalue weighted by atomic mass is 127. The zero-order valence-corrected chi connectivity index (χ0v) is 13.1. The molecule has 1 amide bonds. The van der Waals surface area contributed by atoms with E-state index >= 15 is 0 Å². The molecule has 0 radical (unpaired) electrons. The maximum absolute atomic E-state index is 13.0. The molecule has 3 nitrogen and oxygen atoms in total. The molecule has 1 aliphatic heterocycles. The van der Waals surface area contributed by atoms with Gasteiger partial charge in [0.15, 0.2) is 0 Å². The molecule has 1 aromatic rings. The molecule has 1 N–H and O–H groups in total. The summed E-state index contributed by atoms with van der Waals surface area (Å²) in [5.74, 6) is 0.234. The Morgan fingerprint density at radius 2 is 2.16 bits per heavy atom. The minimum atomic E-state index is -0.304. The molecule has 0 unspecified atom stereocenters. The Labute approximate surface area is 126 Å². The van der Waals surface area contributed by atoms with Gasteiger partial charge < -0.3 is 10.2 Å². The van der Waals surface area contributed by atoms with Gasteiger partial charge >= 0.3 is 0 Å². The summed E-state index contributed by atoms with van der Waals surface area (Å²) in [6.45, 7) is 2.83. The van der Waals surface area contributed by atoms with Crippen molar-refractivity contribution in [3.8, 4) is 0 Å². The first kappa shape index (κ1) is 14.7. The van der Waals surface area contributed by atoms with Crippen LogP contribution in [-0.2, 0) is 0 Å². The van der Waals surface area contributed by atoms with Gasteiger partial charge in [0, 0.05) is 17.2 Å². The minimum absolute atomic E-state index is 0.0251. The summed E-state index contributed by atoms with van der Waals surface area (Å²) in [5.41, 5.74) is 0.582. The fourth-order valence-corrected chi connectivity index (χ4v) is 3.11. The molecule has 1 aromatic carbocycles. The van der Waals surface area contributed by atoms with Gasteiger partial charge in [0.05, 0.1) is 5.56 Å². The average Bonchev–Trinajstić information content (AvgIpc) is 2.39. The Balaban J connectivity index is 2.01. The lowest BCUT2D eigenvalue weighted by atomic mass is 9.97. The van der Waals surface area contributed by atoms with Gasteiger partial charge in [0.1, 0.15) is 5.82 Å². The molecule has 0 bridgehead atoms. The quantitative estimate of drug-likeness (QED) is 0.823. The van der Waals surface area contributed by atoms with E-state index in [1.165, 1.54) is 12.1 Å². The number of benzene rings is 1. The van der Waals surface area contributed by atoms with Crippen LogP contribution >= 0.6 is 22.6 Å². The standard InChI is InChI=1S/C14H18FIN2O/c1-18(9-10-4-6-17-7-5-10)14(19)12-3-2-11(15)8-13(12)16/h2-3,8,10,17H,4-7,9H2,1H3. The van der Waals surface area contributed by atoms with Crippen molar-refractivity contribution in [1.82, 2.24) is 10.2 Å². The molecule has 0 spiro atoms. The number of nitrogens with zero attached hydrogens (tertiary/aromatic N) is 1. The highest BCUT2D eigenvalue weighted by Gasteiger charge is 2.20. The Morgan fingerprint density at radius 3 is 2.79 bits per heavy atom. The fraction of sp³-hybridized carbons (Fsp3) is 0.500. The van der Waals surface area contributed by atoms with Gasteiger partial charge in [-0.1, -0.05) is 0 Å². The molecule has 0 atom stereocenters. The van der Waals surface area contributed by atoms with E-state index in [-0.39, 0.29) is 11.7 Å². The Morgan fingerprint density at radius 1 is 1.47 bits per heavy atom. The van der Waals surface area contributed by atoms with Gasteiger partial charge in [0.25, 0.3) is 5.91 Å². The monoisotopic (exact) mass is 376 g/mol. The van der Waals surface area contributed by atoms with Crippen LogP contribution in [0.1, 0.15) is 23.2 Å². The zero-order valence-electron chi connectivity index (χ0n) is 11.0. The molecular formula is C14H18FIN2O. The summed E-state index contributed by atoms with van der Waals surface area (Å²) >= 11 is 2.01. The SMILES string of the molecule is CN(CC1CCNCC1)C(=O)c1ccc(F)cc1I. The van der Waals surface area contributed by atoms with Gasteiger partial charge in [0.2, 0.25) is 0 Å². The van der Waals surface area contributed by atoms with Gasteiger partial charge in [-0.15, -0.1) is 0 Å². The molecule has 104 valence electrons. The van der Waals surface area contributed by atoms with Crippen LogP contribution in [0.4, 0.5) is 4.39 Å². The summed E-state index contributed by atoms with van der Waals surface area (Å²) < 4.78 is 13.7. The molecule has 0 aromatic heterocycles. The van der Waals surface area contributed by atoms with E-state index in [1.807, 2.05) is 29.6 Å². The summed E-state index contributed by atoms with van der Waals surface area (Å²) in [5, 5.41) is 3.32. The predicted octanol–water partition coefficient (Wildman–Crippen LogP) is 2.50. The molecule has 5 heteroatoms. The summed E-state index contributed by atoms with van der Waals surface area (Å²) in [7, 11) is 1.82. The number of carbonyl (C=O) groups is 1. The largest absolute Gasteiger partial charge is 0.341 e. The van der Waals surface area contributed by atoms with E-state index in [9.17, 15) is 9.18 Å². The molecule has 1 fully saturated rings. The summed E-state index contributed by atoms with van der Waals surface area (Å²) in [4.78, 5) is 14.1. The van der Waals surface area contributed by atoms with Crippen molar-refractivity contribution in [3.05, 3.63) is 33.1 Å². The second kappa shape index (κ2) is 6.65. The third-order valence-corrected chi connectivity index (χ3v) is 4.39. The van der Waals surface area contributed by atoms with Crippen LogP contribution < -0.4 is 5.32 Å². The Kier molecular flexibility index (Phi) is 5.15. The molecule has 19 heavy (non-hydrogen) atoms. The number of hydrogen-bond donors (Lipinski definition) is 1. The maximum atomic E-state index is 13.0. The van der Waals surface area contributed by atoms with Crippen LogP contribution in [0.2, 0.25) is 0 Å². The Hall–Kier alpha value is -0.690. The smallest absolute Gasteiger partial charge is 0.254 e. The number of rotatable bonds is 3. The van der Waals surface area contributed by atoms with Gasteiger partial charge in [-0.05, 0) is 72.6 Å². The maximum Gasteiger partial charge on any atom is 0.254 e. The lowest BCUT2D eigenvalue weighted by Gasteiger charge is -2.27. The lowest BCUT2D eigenvalue weighted by molar-refractivity contribution is 0.0761. The number of halogens is 2. The molecule has 1 heterocycles. The van der Waals surface area contributed by atoms with Gasteiger partial charge in [-0.2, -0.15) is 0 Å². The van der Waals surface area contributed by atoms with E-state index < -0.39 is 0 Å². The number of hydrogen-bond acceptors (Lipinski definition) is 2. The minimum Gasteiger partial charge on any atom is -0.341 e. The van der Waals surface area contributed by atoms with Crippen LogP contribution in [0.3, 0.4) is 0 Å². The van der Waals surface area contributed by atoms with Gasteiger partial charge in [-0.25, -0.2) is 4.39 Å². The van der Waals surface area contributed by atoms with Crippen molar-refractivity contribution in [2.75, 3.05) is 26.7 Å². The Bertz CT molecular complexity index is 461.